The molecule has 5 heteroatoms. The number of amides is 1. The van der Waals surface area contributed by atoms with Crippen LogP contribution in [0.5, 0.6) is 0 Å². The fraction of sp³-hybridized carbons (Fsp3) is 0.500. The van der Waals surface area contributed by atoms with Gasteiger partial charge in [-0.25, -0.2) is 0 Å². The Hall–Kier alpha value is -2.17. The van der Waals surface area contributed by atoms with Crippen molar-refractivity contribution in [2.45, 2.75) is 51.1 Å². The molecule has 0 aliphatic carbocycles. The van der Waals surface area contributed by atoms with Gasteiger partial charge in [-0.15, -0.1) is 0 Å². The van der Waals surface area contributed by atoms with Crippen LogP contribution in [-0.2, 0) is 17.8 Å². The summed E-state index contributed by atoms with van der Waals surface area (Å²) in [6.07, 6.45) is 11.3. The molecule has 0 aromatic carbocycles. The molecule has 2 aromatic heterocycles. The van der Waals surface area contributed by atoms with Crippen molar-refractivity contribution in [1.82, 2.24) is 19.7 Å². The van der Waals surface area contributed by atoms with Crippen LogP contribution in [0, 0.1) is 0 Å². The first-order valence-corrected chi connectivity index (χ1v) is 8.50. The highest BCUT2D eigenvalue weighted by atomic mass is 16.2. The van der Waals surface area contributed by atoms with E-state index in [2.05, 4.69) is 15.0 Å². The van der Waals surface area contributed by atoms with E-state index in [1.807, 2.05) is 41.3 Å². The molecule has 1 amide bonds. The predicted octanol–water partition coefficient (Wildman–Crippen LogP) is 2.68. The molecule has 23 heavy (non-hydrogen) atoms. The highest BCUT2D eigenvalue weighted by molar-refractivity contribution is 5.76. The molecule has 1 atom stereocenters. The van der Waals surface area contributed by atoms with Crippen molar-refractivity contribution in [2.24, 2.45) is 0 Å². The maximum Gasteiger partial charge on any atom is 0.222 e. The van der Waals surface area contributed by atoms with Crippen molar-refractivity contribution >= 4 is 5.91 Å². The van der Waals surface area contributed by atoms with Crippen molar-refractivity contribution in [3.8, 4) is 0 Å². The third-order valence-electron chi connectivity index (χ3n) is 4.45. The lowest BCUT2D eigenvalue weighted by Crippen LogP contribution is -2.45. The highest BCUT2D eigenvalue weighted by Gasteiger charge is 2.26. The molecule has 0 spiro atoms. The number of carbonyl (C=O) groups excluding carboxylic acids is 1. The Labute approximate surface area is 137 Å². The zero-order valence-electron chi connectivity index (χ0n) is 13.5. The van der Waals surface area contributed by atoms with E-state index in [0.29, 0.717) is 6.42 Å². The third-order valence-corrected chi connectivity index (χ3v) is 4.45. The summed E-state index contributed by atoms with van der Waals surface area (Å²) in [6, 6.07) is 8.15. The summed E-state index contributed by atoms with van der Waals surface area (Å²) in [4.78, 5) is 19.0. The van der Waals surface area contributed by atoms with E-state index < -0.39 is 0 Å². The molecule has 2 aromatic rings. The van der Waals surface area contributed by atoms with E-state index >= 15 is 0 Å². The smallest absolute Gasteiger partial charge is 0.222 e. The Bertz CT molecular complexity index is 597. The van der Waals surface area contributed by atoms with Gasteiger partial charge in [-0.3, -0.25) is 14.5 Å². The SMILES string of the molecule is O=C(CCCc1ccccn1)N1CCCC[C@H]1Cn1cccn1. The molecule has 3 heterocycles. The molecule has 3 rings (SSSR count). The van der Waals surface area contributed by atoms with Crippen LogP contribution in [0.3, 0.4) is 0 Å². The van der Waals surface area contributed by atoms with Crippen molar-refractivity contribution in [3.05, 3.63) is 48.5 Å². The lowest BCUT2D eigenvalue weighted by atomic mass is 10.0. The van der Waals surface area contributed by atoms with Crippen LogP contribution in [-0.4, -0.2) is 38.2 Å². The number of hydrogen-bond acceptors (Lipinski definition) is 3. The fourth-order valence-corrected chi connectivity index (χ4v) is 3.25. The molecule has 1 aliphatic heterocycles. The predicted molar refractivity (Wildman–Crippen MR) is 88.8 cm³/mol. The van der Waals surface area contributed by atoms with Crippen LogP contribution in [0.25, 0.3) is 0 Å². The van der Waals surface area contributed by atoms with Crippen LogP contribution in [0.4, 0.5) is 0 Å². The summed E-state index contributed by atoms with van der Waals surface area (Å²) >= 11 is 0. The van der Waals surface area contributed by atoms with E-state index in [4.69, 9.17) is 0 Å². The number of pyridine rings is 1. The minimum atomic E-state index is 0.276. The minimum absolute atomic E-state index is 0.276. The number of hydrogen-bond donors (Lipinski definition) is 0. The van der Waals surface area contributed by atoms with Crippen molar-refractivity contribution < 1.29 is 4.79 Å². The molecule has 0 bridgehead atoms. The molecule has 0 saturated carbocycles. The largest absolute Gasteiger partial charge is 0.338 e. The van der Waals surface area contributed by atoms with E-state index in [9.17, 15) is 4.79 Å². The van der Waals surface area contributed by atoms with E-state index in [-0.39, 0.29) is 11.9 Å². The first-order chi connectivity index (χ1) is 11.3. The molecule has 0 N–H and O–H groups in total. The maximum absolute atomic E-state index is 12.6. The number of nitrogens with zero attached hydrogens (tertiary/aromatic N) is 4. The lowest BCUT2D eigenvalue weighted by Gasteiger charge is -2.36. The van der Waals surface area contributed by atoms with Crippen molar-refractivity contribution in [3.63, 3.8) is 0 Å². The number of aromatic nitrogens is 3. The molecule has 1 aliphatic rings. The summed E-state index contributed by atoms with van der Waals surface area (Å²) in [5, 5.41) is 4.28. The number of aryl methyl sites for hydroxylation is 1. The van der Waals surface area contributed by atoms with Gasteiger partial charge in [-0.05, 0) is 50.3 Å². The van der Waals surface area contributed by atoms with Crippen molar-refractivity contribution in [2.75, 3.05) is 6.54 Å². The second-order valence-electron chi connectivity index (χ2n) is 6.14. The Kier molecular flexibility index (Phi) is 5.40. The summed E-state index contributed by atoms with van der Waals surface area (Å²) in [6.45, 7) is 1.69. The summed E-state index contributed by atoms with van der Waals surface area (Å²) in [5.74, 6) is 0.276. The average molecular weight is 312 g/mol. The van der Waals surface area contributed by atoms with Crippen LogP contribution < -0.4 is 0 Å². The standard InChI is InChI=1S/C18H24N4O/c23-18(10-5-8-16-7-1-3-11-19-16)22-14-4-2-9-17(22)15-21-13-6-12-20-21/h1,3,6-7,11-13,17H,2,4-5,8-10,14-15H2/t17-/m0/s1. The van der Waals surface area contributed by atoms with Gasteiger partial charge < -0.3 is 4.90 Å². The van der Waals surface area contributed by atoms with E-state index in [1.54, 1.807) is 6.20 Å². The lowest BCUT2D eigenvalue weighted by molar-refractivity contribution is -0.135. The van der Waals surface area contributed by atoms with Crippen LogP contribution >= 0.6 is 0 Å². The second-order valence-corrected chi connectivity index (χ2v) is 6.14. The van der Waals surface area contributed by atoms with Gasteiger partial charge in [0.2, 0.25) is 5.91 Å². The number of rotatable bonds is 6. The molecule has 1 saturated heterocycles. The zero-order valence-corrected chi connectivity index (χ0v) is 13.5. The van der Waals surface area contributed by atoms with Gasteiger partial charge in [0.15, 0.2) is 0 Å². The van der Waals surface area contributed by atoms with Gasteiger partial charge in [0.25, 0.3) is 0 Å². The molecular weight excluding hydrogens is 288 g/mol. The van der Waals surface area contributed by atoms with Crippen LogP contribution in [0.15, 0.2) is 42.9 Å². The number of carbonyl (C=O) groups is 1. The first-order valence-electron chi connectivity index (χ1n) is 8.50. The Morgan fingerprint density at radius 1 is 1.22 bits per heavy atom. The quantitative estimate of drug-likeness (QED) is 0.824. The van der Waals surface area contributed by atoms with Gasteiger partial charge in [-0.2, -0.15) is 5.10 Å². The molecule has 0 unspecified atom stereocenters. The zero-order chi connectivity index (χ0) is 15.9. The van der Waals surface area contributed by atoms with Gasteiger partial charge in [0.05, 0.1) is 12.6 Å². The van der Waals surface area contributed by atoms with Crippen LogP contribution in [0.2, 0.25) is 0 Å². The topological polar surface area (TPSA) is 51.0 Å². The maximum atomic E-state index is 12.6. The van der Waals surface area contributed by atoms with E-state index in [0.717, 1.165) is 44.5 Å². The molecule has 122 valence electrons. The molecule has 1 fully saturated rings. The van der Waals surface area contributed by atoms with E-state index in [1.165, 1.54) is 6.42 Å². The molecule has 5 nitrogen and oxygen atoms in total. The third kappa shape index (κ3) is 4.41. The number of likely N-dealkylation sites (tertiary alicyclic amines) is 1. The van der Waals surface area contributed by atoms with Gasteiger partial charge >= 0.3 is 0 Å². The molecule has 0 radical (unpaired) electrons. The first kappa shape index (κ1) is 15.7. The Morgan fingerprint density at radius 2 is 2.17 bits per heavy atom. The number of piperidine rings is 1. The Balaban J connectivity index is 1.51. The minimum Gasteiger partial charge on any atom is -0.338 e. The molecular formula is C18H24N4O. The van der Waals surface area contributed by atoms with Crippen LogP contribution in [0.1, 0.15) is 37.8 Å². The highest BCUT2D eigenvalue weighted by Crippen LogP contribution is 2.20. The normalized spacial score (nSPS) is 18.1. The van der Waals surface area contributed by atoms with Gasteiger partial charge in [0, 0.05) is 37.3 Å². The fourth-order valence-electron chi connectivity index (χ4n) is 3.25. The summed E-state index contributed by atoms with van der Waals surface area (Å²) in [5.41, 5.74) is 1.06. The summed E-state index contributed by atoms with van der Waals surface area (Å²) in [7, 11) is 0. The summed E-state index contributed by atoms with van der Waals surface area (Å²) < 4.78 is 1.93. The van der Waals surface area contributed by atoms with Gasteiger partial charge in [-0.1, -0.05) is 6.07 Å². The van der Waals surface area contributed by atoms with Crippen molar-refractivity contribution in [1.29, 1.82) is 0 Å². The second kappa shape index (κ2) is 7.90. The monoisotopic (exact) mass is 312 g/mol. The van der Waals surface area contributed by atoms with Gasteiger partial charge in [0.1, 0.15) is 0 Å². The Morgan fingerprint density at radius 3 is 2.96 bits per heavy atom. The average Bonchev–Trinajstić information content (AvgIpc) is 3.09.